The summed E-state index contributed by atoms with van der Waals surface area (Å²) < 4.78 is 1.49. The minimum atomic E-state index is -0.503. The third-order valence-electron chi connectivity index (χ3n) is 5.18. The van der Waals surface area contributed by atoms with Crippen molar-refractivity contribution in [3.05, 3.63) is 105 Å². The van der Waals surface area contributed by atoms with Gasteiger partial charge in [0, 0.05) is 6.07 Å². The standard InChI is InChI=1S/C24H16N6O4S2/c31-22-21(36-24(32)28(22)15-16-7-3-1-4-8-16)14-17-11-12-20(19(13-17)30(33)34)35-23-25-26-27-29(23)18-9-5-2-6-10-18/h1-14H,15H2/b21-14-. The fourth-order valence-electron chi connectivity index (χ4n) is 3.48. The summed E-state index contributed by atoms with van der Waals surface area (Å²) in [5, 5.41) is 23.5. The Kier molecular flexibility index (Phi) is 6.60. The summed E-state index contributed by atoms with van der Waals surface area (Å²) in [5.74, 6) is -0.433. The second kappa shape index (κ2) is 10.1. The van der Waals surface area contributed by atoms with Gasteiger partial charge in [-0.05, 0) is 69.4 Å². The lowest BCUT2D eigenvalue weighted by Crippen LogP contribution is -2.27. The lowest BCUT2D eigenvalue weighted by molar-refractivity contribution is -0.387. The van der Waals surface area contributed by atoms with Gasteiger partial charge in [-0.15, -0.1) is 5.10 Å². The van der Waals surface area contributed by atoms with Gasteiger partial charge >= 0.3 is 0 Å². The highest BCUT2D eigenvalue weighted by molar-refractivity contribution is 8.18. The van der Waals surface area contributed by atoms with Gasteiger partial charge in [0.15, 0.2) is 0 Å². The molecule has 0 atom stereocenters. The van der Waals surface area contributed by atoms with E-state index in [0.29, 0.717) is 15.6 Å². The van der Waals surface area contributed by atoms with Gasteiger partial charge in [-0.25, -0.2) is 0 Å². The topological polar surface area (TPSA) is 124 Å². The second-order valence-electron chi connectivity index (χ2n) is 7.55. The van der Waals surface area contributed by atoms with Crippen LogP contribution in [0.25, 0.3) is 11.8 Å². The zero-order valence-corrected chi connectivity index (χ0v) is 20.1. The molecule has 1 fully saturated rings. The number of nitrogens with zero attached hydrogens (tertiary/aromatic N) is 6. The van der Waals surface area contributed by atoms with E-state index in [0.717, 1.165) is 39.7 Å². The Morgan fingerprint density at radius 2 is 1.72 bits per heavy atom. The molecule has 0 saturated carbocycles. The highest BCUT2D eigenvalue weighted by Crippen LogP contribution is 2.37. The van der Waals surface area contributed by atoms with Crippen LogP contribution in [0, 0.1) is 10.1 Å². The zero-order chi connectivity index (χ0) is 25.1. The zero-order valence-electron chi connectivity index (χ0n) is 18.4. The minimum absolute atomic E-state index is 0.161. The number of carbonyl (C=O) groups excluding carboxylic acids is 2. The Labute approximate surface area is 213 Å². The van der Waals surface area contributed by atoms with Gasteiger partial charge in [-0.3, -0.25) is 24.6 Å². The smallest absolute Gasteiger partial charge is 0.268 e. The molecule has 12 heteroatoms. The van der Waals surface area contributed by atoms with Crippen molar-refractivity contribution in [3.8, 4) is 5.69 Å². The molecule has 2 heterocycles. The minimum Gasteiger partial charge on any atom is -0.268 e. The van der Waals surface area contributed by atoms with Gasteiger partial charge in [0.1, 0.15) is 0 Å². The number of amides is 2. The molecule has 10 nitrogen and oxygen atoms in total. The lowest BCUT2D eigenvalue weighted by atomic mass is 10.1. The summed E-state index contributed by atoms with van der Waals surface area (Å²) in [5.41, 5.74) is 1.81. The molecular formula is C24H16N6O4S2. The highest BCUT2D eigenvalue weighted by atomic mass is 32.2. The average molecular weight is 517 g/mol. The van der Waals surface area contributed by atoms with Crippen molar-refractivity contribution < 1.29 is 14.5 Å². The van der Waals surface area contributed by atoms with Gasteiger partial charge in [-0.1, -0.05) is 54.6 Å². The summed E-state index contributed by atoms with van der Waals surface area (Å²) in [4.78, 5) is 38.3. The monoisotopic (exact) mass is 516 g/mol. The first-order valence-electron chi connectivity index (χ1n) is 10.6. The fourth-order valence-corrected chi connectivity index (χ4v) is 5.19. The van der Waals surface area contributed by atoms with Crippen molar-refractivity contribution in [1.29, 1.82) is 0 Å². The second-order valence-corrected chi connectivity index (χ2v) is 9.55. The summed E-state index contributed by atoms with van der Waals surface area (Å²) in [6, 6.07) is 23.0. The van der Waals surface area contributed by atoms with E-state index in [4.69, 9.17) is 0 Å². The maximum atomic E-state index is 12.8. The van der Waals surface area contributed by atoms with Gasteiger partial charge in [0.05, 0.1) is 27.0 Å². The number of aromatic nitrogens is 4. The van der Waals surface area contributed by atoms with E-state index >= 15 is 0 Å². The van der Waals surface area contributed by atoms with E-state index in [1.54, 1.807) is 12.1 Å². The normalized spacial score (nSPS) is 14.6. The molecule has 4 aromatic rings. The van der Waals surface area contributed by atoms with Crippen LogP contribution < -0.4 is 0 Å². The first-order valence-corrected chi connectivity index (χ1v) is 12.2. The first kappa shape index (κ1) is 23.5. The number of thioether (sulfide) groups is 1. The van der Waals surface area contributed by atoms with Gasteiger partial charge < -0.3 is 0 Å². The largest absolute Gasteiger partial charge is 0.293 e. The van der Waals surface area contributed by atoms with Crippen LogP contribution in [-0.2, 0) is 11.3 Å². The molecule has 0 bridgehead atoms. The van der Waals surface area contributed by atoms with Crippen LogP contribution in [0.1, 0.15) is 11.1 Å². The number of nitro benzene ring substituents is 1. The molecule has 1 aliphatic rings. The van der Waals surface area contributed by atoms with E-state index in [1.165, 1.54) is 16.8 Å². The van der Waals surface area contributed by atoms with E-state index in [9.17, 15) is 19.7 Å². The van der Waals surface area contributed by atoms with Crippen molar-refractivity contribution in [2.75, 3.05) is 0 Å². The fraction of sp³-hybridized carbons (Fsp3) is 0.0417. The molecule has 1 aliphatic heterocycles. The highest BCUT2D eigenvalue weighted by Gasteiger charge is 2.35. The summed E-state index contributed by atoms with van der Waals surface area (Å²) in [6.45, 7) is 0.161. The Morgan fingerprint density at radius 3 is 2.44 bits per heavy atom. The predicted molar refractivity (Wildman–Crippen MR) is 134 cm³/mol. The molecular weight excluding hydrogens is 500 g/mol. The van der Waals surface area contributed by atoms with Crippen molar-refractivity contribution in [1.82, 2.24) is 25.1 Å². The number of benzene rings is 3. The van der Waals surface area contributed by atoms with Gasteiger partial charge in [-0.2, -0.15) is 4.68 Å². The van der Waals surface area contributed by atoms with Gasteiger partial charge in [0.25, 0.3) is 16.8 Å². The maximum absolute atomic E-state index is 12.8. The van der Waals surface area contributed by atoms with Crippen LogP contribution in [0.5, 0.6) is 0 Å². The van der Waals surface area contributed by atoms with Crippen molar-refractivity contribution >= 4 is 46.4 Å². The predicted octanol–water partition coefficient (Wildman–Crippen LogP) is 4.96. The molecule has 3 aromatic carbocycles. The third kappa shape index (κ3) is 4.90. The Bertz CT molecular complexity index is 1490. The quantitative estimate of drug-likeness (QED) is 0.190. The molecule has 0 aliphatic carbocycles. The van der Waals surface area contributed by atoms with Crippen LogP contribution in [0.3, 0.4) is 0 Å². The number of hydrogen-bond acceptors (Lipinski definition) is 9. The molecule has 5 rings (SSSR count). The van der Waals surface area contributed by atoms with E-state index in [1.807, 2.05) is 60.7 Å². The number of hydrogen-bond donors (Lipinski definition) is 0. The van der Waals surface area contributed by atoms with E-state index in [-0.39, 0.29) is 22.4 Å². The summed E-state index contributed by atoms with van der Waals surface area (Å²) >= 11 is 1.87. The van der Waals surface area contributed by atoms with Crippen molar-refractivity contribution in [2.24, 2.45) is 0 Å². The molecule has 0 spiro atoms. The number of imide groups is 1. The number of carbonyl (C=O) groups is 2. The molecule has 36 heavy (non-hydrogen) atoms. The van der Waals surface area contributed by atoms with Crippen LogP contribution in [0.4, 0.5) is 10.5 Å². The number of tetrazole rings is 1. The van der Waals surface area contributed by atoms with Crippen LogP contribution in [0.15, 0.2) is 93.8 Å². The number of rotatable bonds is 7. The Balaban J connectivity index is 1.40. The van der Waals surface area contributed by atoms with Crippen LogP contribution in [0.2, 0.25) is 0 Å². The van der Waals surface area contributed by atoms with Crippen LogP contribution >= 0.6 is 23.5 Å². The Morgan fingerprint density at radius 1 is 1.00 bits per heavy atom. The summed E-state index contributed by atoms with van der Waals surface area (Å²) in [6.07, 6.45) is 1.49. The average Bonchev–Trinajstić information content (AvgIpc) is 3.46. The first-order chi connectivity index (χ1) is 17.5. The molecule has 0 N–H and O–H groups in total. The molecule has 1 aromatic heterocycles. The summed E-state index contributed by atoms with van der Waals surface area (Å²) in [7, 11) is 0. The SMILES string of the molecule is O=C1S/C(=C\c2ccc(Sc3nnnn3-c3ccccc3)c([N+](=O)[O-])c2)C(=O)N1Cc1ccccc1. The maximum Gasteiger partial charge on any atom is 0.293 e. The van der Waals surface area contributed by atoms with E-state index in [2.05, 4.69) is 15.5 Å². The van der Waals surface area contributed by atoms with Crippen LogP contribution in [-0.4, -0.2) is 41.2 Å². The number of nitro groups is 1. The third-order valence-corrected chi connectivity index (χ3v) is 7.09. The van der Waals surface area contributed by atoms with Crippen molar-refractivity contribution in [3.63, 3.8) is 0 Å². The molecule has 2 amide bonds. The number of para-hydroxylation sites is 1. The van der Waals surface area contributed by atoms with E-state index < -0.39 is 10.8 Å². The molecule has 0 unspecified atom stereocenters. The molecule has 1 saturated heterocycles. The van der Waals surface area contributed by atoms with Gasteiger partial charge in [0.2, 0.25) is 5.16 Å². The molecule has 178 valence electrons. The van der Waals surface area contributed by atoms with Crippen molar-refractivity contribution in [2.45, 2.75) is 16.6 Å². The Hall–Kier alpha value is -4.29. The molecule has 0 radical (unpaired) electrons. The lowest BCUT2D eigenvalue weighted by Gasteiger charge is -2.12.